The van der Waals surface area contributed by atoms with Crippen LogP contribution < -0.4 is 5.32 Å². The molecule has 96 valence electrons. The molecule has 0 unspecified atom stereocenters. The maximum atomic E-state index is 3.56. The van der Waals surface area contributed by atoms with Crippen molar-refractivity contribution >= 4 is 33.0 Å². The van der Waals surface area contributed by atoms with Gasteiger partial charge in [-0.25, -0.2) is 0 Å². The third-order valence-electron chi connectivity index (χ3n) is 2.94. The monoisotopic (exact) mass is 323 g/mol. The molecule has 1 aromatic heterocycles. The summed E-state index contributed by atoms with van der Waals surface area (Å²) in [7, 11) is 0. The number of hydrogen-bond acceptors (Lipinski definition) is 2. The largest absolute Gasteiger partial charge is 0.380 e. The molecule has 0 saturated heterocycles. The highest BCUT2D eigenvalue weighted by Crippen LogP contribution is 2.28. The van der Waals surface area contributed by atoms with E-state index < -0.39 is 0 Å². The zero-order valence-electron chi connectivity index (χ0n) is 11.0. The van der Waals surface area contributed by atoms with Crippen molar-refractivity contribution in [2.45, 2.75) is 33.2 Å². The number of nitrogens with one attached hydrogen (secondary N) is 1. The first-order chi connectivity index (χ1) is 8.58. The van der Waals surface area contributed by atoms with Crippen LogP contribution in [0.2, 0.25) is 0 Å². The predicted octanol–water partition coefficient (Wildman–Crippen LogP) is 5.55. The highest BCUT2D eigenvalue weighted by molar-refractivity contribution is 9.10. The molecule has 0 bridgehead atoms. The lowest BCUT2D eigenvalue weighted by atomic mass is 10.0. The topological polar surface area (TPSA) is 12.0 Å². The summed E-state index contributed by atoms with van der Waals surface area (Å²) in [6.45, 7) is 7.49. The molecule has 0 fully saturated rings. The summed E-state index contributed by atoms with van der Waals surface area (Å²) in [5.41, 5.74) is 2.62. The number of hydrogen-bond donors (Lipinski definition) is 1. The molecule has 2 rings (SSSR count). The molecule has 2 aromatic rings. The van der Waals surface area contributed by atoms with E-state index in [-0.39, 0.29) is 0 Å². The second kappa shape index (κ2) is 5.89. The van der Waals surface area contributed by atoms with E-state index in [1.807, 2.05) is 11.3 Å². The van der Waals surface area contributed by atoms with E-state index in [1.165, 1.54) is 25.5 Å². The molecule has 1 nitrogen and oxygen atoms in total. The predicted molar refractivity (Wildman–Crippen MR) is 84.6 cm³/mol. The van der Waals surface area contributed by atoms with Gasteiger partial charge in [0, 0.05) is 26.5 Å². The maximum Gasteiger partial charge on any atom is 0.0494 e. The molecule has 1 heterocycles. The van der Waals surface area contributed by atoms with Crippen LogP contribution in [0.15, 0.2) is 34.8 Å². The Bertz CT molecular complexity index is 512. The fourth-order valence-electron chi connectivity index (χ4n) is 1.95. The summed E-state index contributed by atoms with van der Waals surface area (Å²) in [6, 6.07) is 10.7. The molecule has 0 aliphatic rings. The Kier molecular flexibility index (Phi) is 4.46. The van der Waals surface area contributed by atoms with Crippen LogP contribution in [0.5, 0.6) is 0 Å². The Labute approximate surface area is 121 Å². The summed E-state index contributed by atoms with van der Waals surface area (Å²) in [5, 5.41) is 3.54. The second-order valence-electron chi connectivity index (χ2n) is 4.71. The standard InChI is InChI=1S/C15H18BrNS/c1-10(2)13-6-4-5-7-15(13)17-9-12-8-14(16)11(3)18-12/h4-8,10,17H,9H2,1-3H3. The van der Waals surface area contributed by atoms with E-state index in [1.54, 1.807) is 0 Å². The molecule has 1 N–H and O–H groups in total. The number of thiophene rings is 1. The van der Waals surface area contributed by atoms with Gasteiger partial charge in [0.15, 0.2) is 0 Å². The summed E-state index contributed by atoms with van der Waals surface area (Å²) in [5.74, 6) is 0.547. The molecular formula is C15H18BrNS. The van der Waals surface area contributed by atoms with Crippen molar-refractivity contribution < 1.29 is 0 Å². The molecule has 0 atom stereocenters. The van der Waals surface area contributed by atoms with Crippen LogP contribution in [0.3, 0.4) is 0 Å². The van der Waals surface area contributed by atoms with Gasteiger partial charge in [-0.05, 0) is 46.5 Å². The van der Waals surface area contributed by atoms with Gasteiger partial charge in [-0.2, -0.15) is 0 Å². The van der Waals surface area contributed by atoms with Crippen molar-refractivity contribution in [3.05, 3.63) is 50.1 Å². The van der Waals surface area contributed by atoms with Gasteiger partial charge in [0.05, 0.1) is 0 Å². The number of aryl methyl sites for hydroxylation is 1. The van der Waals surface area contributed by atoms with Gasteiger partial charge in [0.1, 0.15) is 0 Å². The van der Waals surface area contributed by atoms with Gasteiger partial charge >= 0.3 is 0 Å². The van der Waals surface area contributed by atoms with E-state index in [2.05, 4.69) is 72.3 Å². The minimum Gasteiger partial charge on any atom is -0.380 e. The molecule has 0 radical (unpaired) electrons. The van der Waals surface area contributed by atoms with Gasteiger partial charge in [-0.3, -0.25) is 0 Å². The van der Waals surface area contributed by atoms with E-state index >= 15 is 0 Å². The summed E-state index contributed by atoms with van der Waals surface area (Å²) >= 11 is 5.40. The molecule has 1 aromatic carbocycles. The Hall–Kier alpha value is -0.800. The van der Waals surface area contributed by atoms with Crippen LogP contribution in [0, 0.1) is 6.92 Å². The number of benzene rings is 1. The normalized spacial score (nSPS) is 10.9. The Morgan fingerprint density at radius 2 is 2.00 bits per heavy atom. The van der Waals surface area contributed by atoms with Crippen LogP contribution in [0.25, 0.3) is 0 Å². The van der Waals surface area contributed by atoms with E-state index in [0.29, 0.717) is 5.92 Å². The summed E-state index contributed by atoms with van der Waals surface area (Å²) in [6.07, 6.45) is 0. The molecular weight excluding hydrogens is 306 g/mol. The average molecular weight is 324 g/mol. The van der Waals surface area contributed by atoms with Crippen molar-refractivity contribution in [1.29, 1.82) is 0 Å². The molecule has 3 heteroatoms. The highest BCUT2D eigenvalue weighted by atomic mass is 79.9. The number of para-hydroxylation sites is 1. The minimum absolute atomic E-state index is 0.547. The number of anilines is 1. The number of rotatable bonds is 4. The Balaban J connectivity index is 2.10. The lowest BCUT2D eigenvalue weighted by molar-refractivity contribution is 0.866. The van der Waals surface area contributed by atoms with Crippen LogP contribution in [-0.4, -0.2) is 0 Å². The molecule has 0 aliphatic heterocycles. The quantitative estimate of drug-likeness (QED) is 0.777. The average Bonchev–Trinajstić information content (AvgIpc) is 2.66. The van der Waals surface area contributed by atoms with Crippen LogP contribution in [0.4, 0.5) is 5.69 Å². The van der Waals surface area contributed by atoms with Crippen molar-refractivity contribution in [2.75, 3.05) is 5.32 Å². The van der Waals surface area contributed by atoms with Gasteiger partial charge in [-0.15, -0.1) is 11.3 Å². The first kappa shape index (κ1) is 13.6. The fourth-order valence-corrected chi connectivity index (χ4v) is 3.49. The zero-order valence-corrected chi connectivity index (χ0v) is 13.4. The summed E-state index contributed by atoms with van der Waals surface area (Å²) < 4.78 is 1.21. The zero-order chi connectivity index (χ0) is 13.1. The lowest BCUT2D eigenvalue weighted by Gasteiger charge is -2.13. The van der Waals surface area contributed by atoms with Crippen LogP contribution >= 0.6 is 27.3 Å². The van der Waals surface area contributed by atoms with Crippen LogP contribution in [0.1, 0.15) is 35.1 Å². The van der Waals surface area contributed by atoms with Crippen LogP contribution in [-0.2, 0) is 6.54 Å². The van der Waals surface area contributed by atoms with Crippen molar-refractivity contribution in [2.24, 2.45) is 0 Å². The first-order valence-electron chi connectivity index (χ1n) is 6.15. The minimum atomic E-state index is 0.547. The smallest absolute Gasteiger partial charge is 0.0494 e. The van der Waals surface area contributed by atoms with E-state index in [0.717, 1.165) is 6.54 Å². The van der Waals surface area contributed by atoms with E-state index in [4.69, 9.17) is 0 Å². The maximum absolute atomic E-state index is 3.56. The van der Waals surface area contributed by atoms with Gasteiger partial charge < -0.3 is 5.32 Å². The second-order valence-corrected chi connectivity index (χ2v) is 6.91. The molecule has 0 amide bonds. The van der Waals surface area contributed by atoms with E-state index in [9.17, 15) is 0 Å². The lowest BCUT2D eigenvalue weighted by Crippen LogP contribution is -2.01. The molecule has 0 spiro atoms. The fraction of sp³-hybridized carbons (Fsp3) is 0.333. The van der Waals surface area contributed by atoms with Crippen molar-refractivity contribution in [3.8, 4) is 0 Å². The Morgan fingerprint density at radius 1 is 1.28 bits per heavy atom. The molecule has 0 aliphatic carbocycles. The van der Waals surface area contributed by atoms with Gasteiger partial charge in [0.25, 0.3) is 0 Å². The van der Waals surface area contributed by atoms with Crippen molar-refractivity contribution in [3.63, 3.8) is 0 Å². The molecule has 18 heavy (non-hydrogen) atoms. The van der Waals surface area contributed by atoms with Gasteiger partial charge in [-0.1, -0.05) is 32.0 Å². The first-order valence-corrected chi connectivity index (χ1v) is 7.76. The number of halogens is 1. The van der Waals surface area contributed by atoms with Crippen molar-refractivity contribution in [1.82, 2.24) is 0 Å². The third-order valence-corrected chi connectivity index (χ3v) is 5.08. The third kappa shape index (κ3) is 3.15. The summed E-state index contributed by atoms with van der Waals surface area (Å²) in [4.78, 5) is 2.70. The Morgan fingerprint density at radius 3 is 2.61 bits per heavy atom. The SMILES string of the molecule is Cc1sc(CNc2ccccc2C(C)C)cc1Br. The highest BCUT2D eigenvalue weighted by Gasteiger charge is 2.07. The molecule has 0 saturated carbocycles. The van der Waals surface area contributed by atoms with Gasteiger partial charge in [0.2, 0.25) is 0 Å².